The van der Waals surface area contributed by atoms with Crippen LogP contribution in [0, 0.1) is 6.42 Å². The number of hydrogen-bond donors (Lipinski definition) is 2. The second-order valence-corrected chi connectivity index (χ2v) is 0.911. The molecule has 0 fully saturated rings. The fourth-order valence-corrected chi connectivity index (χ4v) is 0. The fraction of sp³-hybridized carbons (Fsp3) is 0.667. The molecule has 31 valence electrons. The SMILES string of the molecule is C[CH]C(N)N. The van der Waals surface area contributed by atoms with Crippen LogP contribution in [0.5, 0.6) is 0 Å². The summed E-state index contributed by atoms with van der Waals surface area (Å²) < 4.78 is 0. The van der Waals surface area contributed by atoms with Gasteiger partial charge in [-0.05, 0) is 6.42 Å². The predicted molar refractivity (Wildman–Crippen MR) is 22.1 cm³/mol. The summed E-state index contributed by atoms with van der Waals surface area (Å²) in [6, 6.07) is 0. The van der Waals surface area contributed by atoms with Crippen LogP contribution in [0.1, 0.15) is 6.92 Å². The number of nitrogens with two attached hydrogens (primary N) is 2. The van der Waals surface area contributed by atoms with E-state index in [4.69, 9.17) is 11.5 Å². The van der Waals surface area contributed by atoms with Crippen LogP contribution in [-0.4, -0.2) is 6.17 Å². The summed E-state index contributed by atoms with van der Waals surface area (Å²) in [7, 11) is 0. The second-order valence-electron chi connectivity index (χ2n) is 0.911. The van der Waals surface area contributed by atoms with Crippen molar-refractivity contribution in [1.82, 2.24) is 0 Å². The molecule has 0 aromatic rings. The molecule has 0 saturated carbocycles. The molecule has 0 unspecified atom stereocenters. The second kappa shape index (κ2) is 2.18. The van der Waals surface area contributed by atoms with Crippen molar-refractivity contribution in [2.75, 3.05) is 0 Å². The van der Waals surface area contributed by atoms with Crippen LogP contribution < -0.4 is 11.5 Å². The zero-order valence-electron chi connectivity index (χ0n) is 3.31. The molecule has 1 radical (unpaired) electrons. The molecular weight excluding hydrogens is 64.0 g/mol. The van der Waals surface area contributed by atoms with Crippen LogP contribution in [0.15, 0.2) is 0 Å². The minimum absolute atomic E-state index is 0.241. The van der Waals surface area contributed by atoms with Crippen LogP contribution in [0.3, 0.4) is 0 Å². The first-order chi connectivity index (χ1) is 2.27. The standard InChI is InChI=1S/C3H9N2/c1-2-3(4)5/h2-3H,4-5H2,1H3. The Labute approximate surface area is 32.1 Å². The predicted octanol–water partition coefficient (Wildman–Crippen LogP) is -0.546. The van der Waals surface area contributed by atoms with E-state index in [9.17, 15) is 0 Å². The van der Waals surface area contributed by atoms with Gasteiger partial charge in [0, 0.05) is 0 Å². The van der Waals surface area contributed by atoms with E-state index in [-0.39, 0.29) is 6.17 Å². The number of rotatable bonds is 1. The molecule has 0 saturated heterocycles. The molecule has 0 heterocycles. The largest absolute Gasteiger partial charge is 0.316 e. The van der Waals surface area contributed by atoms with Crippen molar-refractivity contribution in [2.24, 2.45) is 11.5 Å². The maximum atomic E-state index is 5.01. The molecule has 0 aromatic carbocycles. The van der Waals surface area contributed by atoms with E-state index < -0.39 is 0 Å². The van der Waals surface area contributed by atoms with E-state index in [0.29, 0.717) is 0 Å². The van der Waals surface area contributed by atoms with Gasteiger partial charge in [0.05, 0.1) is 6.17 Å². The van der Waals surface area contributed by atoms with Crippen LogP contribution in [0.4, 0.5) is 0 Å². The van der Waals surface area contributed by atoms with Crippen LogP contribution in [-0.2, 0) is 0 Å². The van der Waals surface area contributed by atoms with E-state index in [1.54, 1.807) is 6.42 Å². The Hall–Kier alpha value is -0.0800. The third kappa shape index (κ3) is 3.92. The summed E-state index contributed by atoms with van der Waals surface area (Å²) in [5.41, 5.74) is 10.0. The molecular formula is C3H9N2. The summed E-state index contributed by atoms with van der Waals surface area (Å²) in [6.45, 7) is 1.82. The lowest BCUT2D eigenvalue weighted by Gasteiger charge is -1.92. The molecule has 0 atom stereocenters. The van der Waals surface area contributed by atoms with Crippen molar-refractivity contribution in [3.8, 4) is 0 Å². The van der Waals surface area contributed by atoms with Gasteiger partial charge in [-0.1, -0.05) is 6.92 Å². The van der Waals surface area contributed by atoms with E-state index in [0.717, 1.165) is 0 Å². The zero-order chi connectivity index (χ0) is 4.28. The maximum absolute atomic E-state index is 5.01. The molecule has 0 amide bonds. The normalized spacial score (nSPS) is 9.60. The summed E-state index contributed by atoms with van der Waals surface area (Å²) >= 11 is 0. The van der Waals surface area contributed by atoms with Gasteiger partial charge in [0.1, 0.15) is 0 Å². The highest BCUT2D eigenvalue weighted by atomic mass is 14.8. The summed E-state index contributed by atoms with van der Waals surface area (Å²) in [6.07, 6.45) is 1.48. The van der Waals surface area contributed by atoms with Gasteiger partial charge < -0.3 is 11.5 Å². The fourth-order valence-electron chi connectivity index (χ4n) is 0. The average Bonchev–Trinajstić information content (AvgIpc) is 1.38. The highest BCUT2D eigenvalue weighted by Crippen LogP contribution is 1.65. The van der Waals surface area contributed by atoms with Crippen molar-refractivity contribution >= 4 is 0 Å². The molecule has 0 aromatic heterocycles. The Balaban J connectivity index is 2.54. The van der Waals surface area contributed by atoms with Gasteiger partial charge in [-0.2, -0.15) is 0 Å². The molecule has 0 aliphatic rings. The van der Waals surface area contributed by atoms with E-state index in [1.807, 2.05) is 6.92 Å². The van der Waals surface area contributed by atoms with Gasteiger partial charge >= 0.3 is 0 Å². The van der Waals surface area contributed by atoms with Crippen molar-refractivity contribution in [3.63, 3.8) is 0 Å². The Bertz CT molecular complexity index is 18.9. The van der Waals surface area contributed by atoms with Gasteiger partial charge in [-0.3, -0.25) is 0 Å². The molecule has 0 bridgehead atoms. The number of hydrogen-bond acceptors (Lipinski definition) is 2. The molecule has 5 heavy (non-hydrogen) atoms. The first-order valence-electron chi connectivity index (χ1n) is 1.58. The van der Waals surface area contributed by atoms with Gasteiger partial charge in [0.2, 0.25) is 0 Å². The van der Waals surface area contributed by atoms with Crippen molar-refractivity contribution in [2.45, 2.75) is 13.1 Å². The van der Waals surface area contributed by atoms with Crippen LogP contribution >= 0.6 is 0 Å². The van der Waals surface area contributed by atoms with Crippen molar-refractivity contribution in [1.29, 1.82) is 0 Å². The third-order valence-corrected chi connectivity index (χ3v) is 0.385. The third-order valence-electron chi connectivity index (χ3n) is 0.385. The van der Waals surface area contributed by atoms with E-state index in [2.05, 4.69) is 0 Å². The van der Waals surface area contributed by atoms with Gasteiger partial charge in [0.15, 0.2) is 0 Å². The maximum Gasteiger partial charge on any atom is 0.0550 e. The average molecular weight is 73.1 g/mol. The zero-order valence-corrected chi connectivity index (χ0v) is 3.31. The topological polar surface area (TPSA) is 52.0 Å². The Morgan fingerprint density at radius 1 is 1.60 bits per heavy atom. The van der Waals surface area contributed by atoms with Gasteiger partial charge in [0.25, 0.3) is 0 Å². The summed E-state index contributed by atoms with van der Waals surface area (Å²) in [5, 5.41) is 0. The quantitative estimate of drug-likeness (QED) is 0.409. The molecule has 0 aliphatic carbocycles. The molecule has 4 N–H and O–H groups in total. The van der Waals surface area contributed by atoms with E-state index in [1.165, 1.54) is 0 Å². The van der Waals surface area contributed by atoms with Gasteiger partial charge in [-0.15, -0.1) is 0 Å². The minimum atomic E-state index is -0.241. The minimum Gasteiger partial charge on any atom is -0.316 e. The Kier molecular flexibility index (Phi) is 2.14. The Morgan fingerprint density at radius 3 is 1.80 bits per heavy atom. The highest BCUT2D eigenvalue weighted by Gasteiger charge is 1.80. The van der Waals surface area contributed by atoms with Crippen molar-refractivity contribution in [3.05, 3.63) is 6.42 Å². The van der Waals surface area contributed by atoms with Gasteiger partial charge in [-0.25, -0.2) is 0 Å². The van der Waals surface area contributed by atoms with Crippen LogP contribution in [0.2, 0.25) is 0 Å². The Morgan fingerprint density at radius 2 is 1.80 bits per heavy atom. The first-order valence-corrected chi connectivity index (χ1v) is 1.58. The van der Waals surface area contributed by atoms with Crippen LogP contribution in [0.25, 0.3) is 0 Å². The molecule has 2 nitrogen and oxygen atoms in total. The highest BCUT2D eigenvalue weighted by molar-refractivity contribution is 4.64. The molecule has 0 rings (SSSR count). The van der Waals surface area contributed by atoms with Crippen molar-refractivity contribution < 1.29 is 0 Å². The lowest BCUT2D eigenvalue weighted by atomic mass is 10.4. The molecule has 2 heteroatoms. The summed E-state index contributed by atoms with van der Waals surface area (Å²) in [4.78, 5) is 0. The lowest BCUT2D eigenvalue weighted by molar-refractivity contribution is 0.811. The monoisotopic (exact) mass is 73.1 g/mol. The first kappa shape index (κ1) is 4.92. The smallest absolute Gasteiger partial charge is 0.0550 e. The van der Waals surface area contributed by atoms with E-state index >= 15 is 0 Å². The molecule has 0 spiro atoms. The summed E-state index contributed by atoms with van der Waals surface area (Å²) in [5.74, 6) is 0. The lowest BCUT2D eigenvalue weighted by Crippen LogP contribution is -2.29. The molecule has 0 aliphatic heterocycles.